The Morgan fingerprint density at radius 1 is 1.35 bits per heavy atom. The molecule has 0 rings (SSSR count). The fourth-order valence-electron chi connectivity index (χ4n) is 1.30. The van der Waals surface area contributed by atoms with E-state index < -0.39 is 19.9 Å². The van der Waals surface area contributed by atoms with Gasteiger partial charge in [0, 0.05) is 6.08 Å². The third kappa shape index (κ3) is 21.2. The van der Waals surface area contributed by atoms with Crippen molar-refractivity contribution in [2.45, 2.75) is 32.3 Å². The molecule has 0 aromatic carbocycles. The molecule has 23 heavy (non-hydrogen) atoms. The first kappa shape index (κ1) is 24.5. The highest BCUT2D eigenvalue weighted by molar-refractivity contribution is 7.46. The molecule has 0 aliphatic rings. The number of phosphoric acid groups is 1. The Balaban J connectivity index is 0. The summed E-state index contributed by atoms with van der Waals surface area (Å²) in [5.74, 6) is -0.629. The number of esters is 1. The molecule has 0 heterocycles. The number of carbonyl (C=O) groups is 1. The maximum atomic E-state index is 10.9. The van der Waals surface area contributed by atoms with Crippen molar-refractivity contribution in [1.82, 2.24) is 0 Å². The molecular formula is C14H31NO7P+. The first-order valence-corrected chi connectivity index (χ1v) is 8.92. The number of ether oxygens (including phenoxy) is 1. The van der Waals surface area contributed by atoms with Crippen molar-refractivity contribution < 1.29 is 38.0 Å². The smallest absolute Gasteiger partial charge is 0.457 e. The van der Waals surface area contributed by atoms with Gasteiger partial charge in [-0.05, 0) is 12.8 Å². The SMILES string of the molecule is C=CC(=O)OC(CCCC)COP(=O)(O)O.C[N+](C)(C)CCO. The van der Waals surface area contributed by atoms with Crippen molar-refractivity contribution in [3.8, 4) is 0 Å². The number of phosphoric ester groups is 1. The lowest BCUT2D eigenvalue weighted by molar-refractivity contribution is -0.870. The summed E-state index contributed by atoms with van der Waals surface area (Å²) in [7, 11) is 1.63. The second-order valence-electron chi connectivity index (χ2n) is 5.93. The van der Waals surface area contributed by atoms with Crippen LogP contribution in [-0.4, -0.2) is 72.4 Å². The molecule has 0 aromatic rings. The minimum atomic E-state index is -4.52. The summed E-state index contributed by atoms with van der Waals surface area (Å²) >= 11 is 0. The number of aliphatic hydroxyl groups is 1. The number of nitrogens with zero attached hydrogens (tertiary/aromatic N) is 1. The first-order valence-electron chi connectivity index (χ1n) is 7.39. The predicted octanol–water partition coefficient (Wildman–Crippen LogP) is 1.07. The zero-order valence-corrected chi connectivity index (χ0v) is 15.4. The lowest BCUT2D eigenvalue weighted by Crippen LogP contribution is -2.36. The van der Waals surface area contributed by atoms with Crippen molar-refractivity contribution in [2.75, 3.05) is 40.9 Å². The van der Waals surface area contributed by atoms with Crippen LogP contribution in [0.1, 0.15) is 26.2 Å². The van der Waals surface area contributed by atoms with E-state index in [4.69, 9.17) is 19.6 Å². The molecule has 0 aliphatic carbocycles. The van der Waals surface area contributed by atoms with E-state index in [-0.39, 0.29) is 13.2 Å². The molecule has 0 bridgehead atoms. The molecule has 0 saturated heterocycles. The average Bonchev–Trinajstić information content (AvgIpc) is 2.40. The average molecular weight is 356 g/mol. The molecule has 0 spiro atoms. The highest BCUT2D eigenvalue weighted by Crippen LogP contribution is 2.36. The molecule has 0 fully saturated rings. The number of carbonyl (C=O) groups excluding carboxylic acids is 1. The lowest BCUT2D eigenvalue weighted by Gasteiger charge is -2.21. The van der Waals surface area contributed by atoms with Crippen molar-refractivity contribution in [3.05, 3.63) is 12.7 Å². The second-order valence-corrected chi connectivity index (χ2v) is 7.17. The van der Waals surface area contributed by atoms with Crippen LogP contribution in [-0.2, 0) is 18.6 Å². The largest absolute Gasteiger partial charge is 0.469 e. The van der Waals surface area contributed by atoms with Gasteiger partial charge in [0.2, 0.25) is 0 Å². The third-order valence-corrected chi connectivity index (χ3v) is 3.01. The van der Waals surface area contributed by atoms with Gasteiger partial charge in [-0.3, -0.25) is 4.52 Å². The molecule has 1 unspecified atom stereocenters. The molecule has 138 valence electrons. The zero-order valence-electron chi connectivity index (χ0n) is 14.5. The van der Waals surface area contributed by atoms with Gasteiger partial charge in [-0.2, -0.15) is 0 Å². The summed E-state index contributed by atoms with van der Waals surface area (Å²) in [6.07, 6.45) is 2.50. The van der Waals surface area contributed by atoms with Gasteiger partial charge in [-0.1, -0.05) is 19.9 Å². The summed E-state index contributed by atoms with van der Waals surface area (Å²) < 4.78 is 20.5. The summed E-state index contributed by atoms with van der Waals surface area (Å²) in [5.41, 5.74) is 0. The van der Waals surface area contributed by atoms with Crippen LogP contribution in [0.25, 0.3) is 0 Å². The Morgan fingerprint density at radius 3 is 2.22 bits per heavy atom. The van der Waals surface area contributed by atoms with Crippen LogP contribution in [0.4, 0.5) is 0 Å². The van der Waals surface area contributed by atoms with Gasteiger partial charge in [0.1, 0.15) is 12.6 Å². The van der Waals surface area contributed by atoms with Crippen molar-refractivity contribution >= 4 is 13.8 Å². The van der Waals surface area contributed by atoms with Crippen LogP contribution in [0.5, 0.6) is 0 Å². The van der Waals surface area contributed by atoms with Crippen LogP contribution in [0.15, 0.2) is 12.7 Å². The lowest BCUT2D eigenvalue weighted by atomic mass is 10.2. The van der Waals surface area contributed by atoms with Gasteiger partial charge in [-0.25, -0.2) is 9.36 Å². The van der Waals surface area contributed by atoms with E-state index in [9.17, 15) is 9.36 Å². The minimum Gasteiger partial charge on any atom is -0.457 e. The standard InChI is InChI=1S/C9H17O6P.C5H14NO/c1-3-5-6-8(15-9(10)4-2)7-14-16(11,12)13;1-6(2,3)4-5-7/h4,8H,2-3,5-7H2,1H3,(H2,11,12,13);7H,4-5H2,1-3H3/q;+1. The normalized spacial score (nSPS) is 12.8. The van der Waals surface area contributed by atoms with E-state index in [1.165, 1.54) is 0 Å². The van der Waals surface area contributed by atoms with E-state index in [1.54, 1.807) is 0 Å². The molecule has 0 amide bonds. The Labute approximate surface area is 138 Å². The molecule has 0 radical (unpaired) electrons. The molecule has 0 aromatic heterocycles. The van der Waals surface area contributed by atoms with E-state index in [0.717, 1.165) is 29.9 Å². The van der Waals surface area contributed by atoms with Crippen LogP contribution in [0.2, 0.25) is 0 Å². The van der Waals surface area contributed by atoms with Gasteiger partial charge in [0.25, 0.3) is 0 Å². The molecule has 9 heteroatoms. The predicted molar refractivity (Wildman–Crippen MR) is 87.6 cm³/mol. The van der Waals surface area contributed by atoms with E-state index in [0.29, 0.717) is 6.42 Å². The molecule has 1 atom stereocenters. The van der Waals surface area contributed by atoms with Gasteiger partial charge in [0.05, 0.1) is 34.4 Å². The number of rotatable bonds is 10. The summed E-state index contributed by atoms with van der Waals surface area (Å²) in [4.78, 5) is 27.9. The molecular weight excluding hydrogens is 325 g/mol. The molecule has 0 aliphatic heterocycles. The second kappa shape index (κ2) is 12.6. The van der Waals surface area contributed by atoms with Crippen LogP contribution >= 0.6 is 7.82 Å². The molecule has 3 N–H and O–H groups in total. The van der Waals surface area contributed by atoms with Crippen molar-refractivity contribution in [1.29, 1.82) is 0 Å². The van der Waals surface area contributed by atoms with Gasteiger partial charge in [-0.15, -0.1) is 0 Å². The Hall–Kier alpha value is -0.760. The number of likely N-dealkylation sites (N-methyl/N-ethyl adjacent to an activating group) is 1. The highest BCUT2D eigenvalue weighted by atomic mass is 31.2. The monoisotopic (exact) mass is 356 g/mol. The van der Waals surface area contributed by atoms with Crippen molar-refractivity contribution in [3.63, 3.8) is 0 Å². The van der Waals surface area contributed by atoms with Crippen LogP contribution in [0.3, 0.4) is 0 Å². The minimum absolute atomic E-state index is 0.281. The fourth-order valence-corrected chi connectivity index (χ4v) is 1.66. The van der Waals surface area contributed by atoms with Gasteiger partial charge < -0.3 is 24.1 Å². The summed E-state index contributed by atoms with van der Waals surface area (Å²) in [6, 6.07) is 0. The van der Waals surface area contributed by atoms with E-state index >= 15 is 0 Å². The number of hydrogen-bond donors (Lipinski definition) is 3. The summed E-state index contributed by atoms with van der Waals surface area (Å²) in [5, 5.41) is 8.39. The maximum Gasteiger partial charge on any atom is 0.469 e. The van der Waals surface area contributed by atoms with E-state index in [1.807, 2.05) is 6.92 Å². The maximum absolute atomic E-state index is 10.9. The third-order valence-electron chi connectivity index (χ3n) is 2.53. The molecule has 8 nitrogen and oxygen atoms in total. The number of aliphatic hydroxyl groups excluding tert-OH is 1. The number of unbranched alkanes of at least 4 members (excludes halogenated alkanes) is 1. The number of hydrogen-bond acceptors (Lipinski definition) is 5. The quantitative estimate of drug-likeness (QED) is 0.232. The van der Waals surface area contributed by atoms with Crippen LogP contribution < -0.4 is 0 Å². The Bertz CT molecular complexity index is 376. The fraction of sp³-hybridized carbons (Fsp3) is 0.786. The topological polar surface area (TPSA) is 113 Å². The number of quaternary nitrogens is 1. The van der Waals surface area contributed by atoms with Crippen LogP contribution in [0, 0.1) is 0 Å². The summed E-state index contributed by atoms with van der Waals surface area (Å²) in [6.45, 7) is 5.99. The Kier molecular flexibility index (Phi) is 13.5. The molecule has 0 saturated carbocycles. The Morgan fingerprint density at radius 2 is 1.91 bits per heavy atom. The van der Waals surface area contributed by atoms with Gasteiger partial charge >= 0.3 is 13.8 Å². The zero-order chi connectivity index (χ0) is 18.5. The first-order chi connectivity index (χ1) is 10.4. The van der Waals surface area contributed by atoms with Gasteiger partial charge in [0.15, 0.2) is 0 Å². The van der Waals surface area contributed by atoms with E-state index in [2.05, 4.69) is 32.2 Å². The van der Waals surface area contributed by atoms with Crippen molar-refractivity contribution in [2.24, 2.45) is 0 Å². The highest BCUT2D eigenvalue weighted by Gasteiger charge is 2.20.